The Kier molecular flexibility index (Phi) is 3.70. The fourth-order valence-electron chi connectivity index (χ4n) is 2.09. The number of aryl methyl sites for hydroxylation is 1. The maximum absolute atomic E-state index is 12.3. The first-order chi connectivity index (χ1) is 9.54. The van der Waals surface area contributed by atoms with Crippen LogP contribution in [0.15, 0.2) is 33.1 Å². The van der Waals surface area contributed by atoms with E-state index in [1.54, 1.807) is 18.3 Å². The third-order valence-corrected chi connectivity index (χ3v) is 5.88. The van der Waals surface area contributed by atoms with Gasteiger partial charge in [0.15, 0.2) is 5.13 Å². The van der Waals surface area contributed by atoms with Gasteiger partial charge in [-0.3, -0.25) is 4.72 Å². The number of thiazole rings is 1. The predicted octanol–water partition coefficient (Wildman–Crippen LogP) is 3.06. The lowest BCUT2D eigenvalue weighted by Crippen LogP contribution is -2.16. The van der Waals surface area contributed by atoms with Gasteiger partial charge in [0.1, 0.15) is 0 Å². The van der Waals surface area contributed by atoms with Gasteiger partial charge < -0.3 is 5.32 Å². The average molecular weight is 374 g/mol. The van der Waals surface area contributed by atoms with Crippen molar-refractivity contribution in [3.8, 4) is 0 Å². The number of sulfonamides is 1. The van der Waals surface area contributed by atoms with Crippen LogP contribution in [0.4, 0.5) is 10.8 Å². The summed E-state index contributed by atoms with van der Waals surface area (Å²) in [6.45, 7) is 0.935. The first kappa shape index (κ1) is 13.8. The van der Waals surface area contributed by atoms with E-state index in [1.165, 1.54) is 11.3 Å². The molecule has 2 N–H and O–H groups in total. The van der Waals surface area contributed by atoms with Crippen LogP contribution in [0.25, 0.3) is 0 Å². The highest BCUT2D eigenvalue weighted by atomic mass is 79.9. The fraction of sp³-hybridized carbons (Fsp3) is 0.250. The van der Waals surface area contributed by atoms with Crippen molar-refractivity contribution in [2.75, 3.05) is 16.6 Å². The molecule has 0 atom stereocenters. The maximum Gasteiger partial charge on any atom is 0.263 e. The van der Waals surface area contributed by atoms with Gasteiger partial charge in [-0.1, -0.05) is 11.3 Å². The van der Waals surface area contributed by atoms with Crippen molar-refractivity contribution in [2.24, 2.45) is 0 Å². The third kappa shape index (κ3) is 2.82. The van der Waals surface area contributed by atoms with E-state index in [0.717, 1.165) is 34.4 Å². The van der Waals surface area contributed by atoms with Crippen molar-refractivity contribution in [1.29, 1.82) is 0 Å². The van der Waals surface area contributed by atoms with Crippen LogP contribution < -0.4 is 10.0 Å². The number of rotatable bonds is 3. The average Bonchev–Trinajstić information content (AvgIpc) is 2.83. The summed E-state index contributed by atoms with van der Waals surface area (Å²) in [7, 11) is -3.58. The Balaban J connectivity index is 1.91. The van der Waals surface area contributed by atoms with Crippen LogP contribution in [0, 0.1) is 0 Å². The fourth-order valence-corrected chi connectivity index (χ4v) is 4.49. The molecule has 0 fully saturated rings. The normalized spacial score (nSPS) is 14.4. The first-order valence-electron chi connectivity index (χ1n) is 6.05. The third-order valence-electron chi connectivity index (χ3n) is 3.02. The van der Waals surface area contributed by atoms with E-state index in [2.05, 4.69) is 31.0 Å². The number of anilines is 2. The number of nitrogens with one attached hydrogen (secondary N) is 2. The SMILES string of the molecule is O=S(=O)(Nc1ncc(Br)s1)c1ccc2c(c1)CCCN2. The highest BCUT2D eigenvalue weighted by Gasteiger charge is 2.18. The number of fused-ring (bicyclic) bond motifs is 1. The zero-order chi connectivity index (χ0) is 14.2. The topological polar surface area (TPSA) is 71.1 Å². The minimum atomic E-state index is -3.58. The van der Waals surface area contributed by atoms with Crippen molar-refractivity contribution in [3.05, 3.63) is 33.7 Å². The zero-order valence-corrected chi connectivity index (χ0v) is 13.6. The van der Waals surface area contributed by atoms with Gasteiger partial charge in [0, 0.05) is 12.2 Å². The molecule has 0 spiro atoms. The highest BCUT2D eigenvalue weighted by Crippen LogP contribution is 2.28. The largest absolute Gasteiger partial charge is 0.385 e. The van der Waals surface area contributed by atoms with Crippen molar-refractivity contribution < 1.29 is 8.42 Å². The van der Waals surface area contributed by atoms with E-state index in [4.69, 9.17) is 0 Å². The maximum atomic E-state index is 12.3. The lowest BCUT2D eigenvalue weighted by molar-refractivity contribution is 0.601. The molecule has 0 aliphatic carbocycles. The van der Waals surface area contributed by atoms with Crippen LogP contribution in [-0.4, -0.2) is 19.9 Å². The van der Waals surface area contributed by atoms with E-state index in [0.29, 0.717) is 5.13 Å². The molecule has 0 bridgehead atoms. The van der Waals surface area contributed by atoms with Crippen LogP contribution in [0.2, 0.25) is 0 Å². The predicted molar refractivity (Wildman–Crippen MR) is 83.9 cm³/mol. The first-order valence-corrected chi connectivity index (χ1v) is 9.15. The van der Waals surface area contributed by atoms with Crippen molar-refractivity contribution in [2.45, 2.75) is 17.7 Å². The number of benzene rings is 1. The van der Waals surface area contributed by atoms with E-state index >= 15 is 0 Å². The molecule has 1 aliphatic rings. The molecule has 1 aromatic carbocycles. The number of halogens is 1. The minimum absolute atomic E-state index is 0.270. The molecule has 0 radical (unpaired) electrons. The summed E-state index contributed by atoms with van der Waals surface area (Å²) in [6, 6.07) is 5.16. The second-order valence-corrected chi connectivity index (χ2v) is 8.52. The Morgan fingerprint density at radius 3 is 3.00 bits per heavy atom. The molecule has 3 rings (SSSR count). The summed E-state index contributed by atoms with van der Waals surface area (Å²) in [5, 5.41) is 3.62. The van der Waals surface area contributed by atoms with Gasteiger partial charge >= 0.3 is 0 Å². The van der Waals surface area contributed by atoms with Gasteiger partial charge in [0.2, 0.25) is 0 Å². The van der Waals surface area contributed by atoms with Gasteiger partial charge in [-0.15, -0.1) is 0 Å². The lowest BCUT2D eigenvalue weighted by Gasteiger charge is -2.18. The number of hydrogen-bond donors (Lipinski definition) is 2. The molecule has 0 unspecified atom stereocenters. The van der Waals surface area contributed by atoms with Gasteiger partial charge in [-0.25, -0.2) is 13.4 Å². The molecular formula is C12H12BrN3O2S2. The molecule has 8 heteroatoms. The molecule has 1 aliphatic heterocycles. The van der Waals surface area contributed by atoms with E-state index in [-0.39, 0.29) is 4.90 Å². The standard InChI is InChI=1S/C12H12BrN3O2S2/c13-11-7-15-12(19-11)16-20(17,18)9-3-4-10-8(6-9)2-1-5-14-10/h3-4,6-7,14H,1-2,5H2,(H,15,16). The van der Waals surface area contributed by atoms with Crippen molar-refractivity contribution in [3.63, 3.8) is 0 Å². The van der Waals surface area contributed by atoms with Gasteiger partial charge in [-0.05, 0) is 52.5 Å². The second-order valence-electron chi connectivity index (χ2n) is 4.42. The van der Waals surface area contributed by atoms with Crippen molar-refractivity contribution >= 4 is 48.1 Å². The summed E-state index contributed by atoms with van der Waals surface area (Å²) < 4.78 is 27.9. The molecular weight excluding hydrogens is 362 g/mol. The van der Waals surface area contributed by atoms with E-state index < -0.39 is 10.0 Å². The van der Waals surface area contributed by atoms with Gasteiger partial charge in [0.25, 0.3) is 10.0 Å². The summed E-state index contributed by atoms with van der Waals surface area (Å²) in [4.78, 5) is 4.25. The van der Waals surface area contributed by atoms with Crippen LogP contribution in [0.1, 0.15) is 12.0 Å². The monoisotopic (exact) mass is 373 g/mol. The van der Waals surface area contributed by atoms with Crippen LogP contribution >= 0.6 is 27.3 Å². The van der Waals surface area contributed by atoms with Crippen LogP contribution in [0.3, 0.4) is 0 Å². The highest BCUT2D eigenvalue weighted by molar-refractivity contribution is 9.11. The minimum Gasteiger partial charge on any atom is -0.385 e. The molecule has 2 aromatic rings. The molecule has 1 aromatic heterocycles. The molecule has 0 amide bonds. The molecule has 0 saturated heterocycles. The van der Waals surface area contributed by atoms with Crippen LogP contribution in [0.5, 0.6) is 0 Å². The molecule has 2 heterocycles. The van der Waals surface area contributed by atoms with Gasteiger partial charge in [-0.2, -0.15) is 0 Å². The number of aromatic nitrogens is 1. The quantitative estimate of drug-likeness (QED) is 0.866. The summed E-state index contributed by atoms with van der Waals surface area (Å²) in [6.07, 6.45) is 3.48. The molecule has 5 nitrogen and oxygen atoms in total. The molecule has 0 saturated carbocycles. The summed E-state index contributed by atoms with van der Waals surface area (Å²) >= 11 is 4.50. The van der Waals surface area contributed by atoms with Gasteiger partial charge in [0.05, 0.1) is 14.9 Å². The Hall–Kier alpha value is -1.12. The lowest BCUT2D eigenvalue weighted by atomic mass is 10.0. The van der Waals surface area contributed by atoms with E-state index in [9.17, 15) is 8.42 Å². The Bertz CT molecular complexity index is 743. The Morgan fingerprint density at radius 2 is 2.25 bits per heavy atom. The number of hydrogen-bond acceptors (Lipinski definition) is 5. The Labute approximate surface area is 129 Å². The second kappa shape index (κ2) is 5.34. The van der Waals surface area contributed by atoms with Crippen LogP contribution in [-0.2, 0) is 16.4 Å². The summed E-state index contributed by atoms with van der Waals surface area (Å²) in [5.41, 5.74) is 2.06. The zero-order valence-electron chi connectivity index (χ0n) is 10.4. The van der Waals surface area contributed by atoms with Crippen molar-refractivity contribution in [1.82, 2.24) is 4.98 Å². The Morgan fingerprint density at radius 1 is 1.40 bits per heavy atom. The molecule has 106 valence electrons. The van der Waals surface area contributed by atoms with E-state index in [1.807, 2.05) is 6.07 Å². The summed E-state index contributed by atoms with van der Waals surface area (Å²) in [5.74, 6) is 0. The number of nitrogens with zero attached hydrogens (tertiary/aromatic N) is 1. The molecule has 20 heavy (non-hydrogen) atoms. The smallest absolute Gasteiger partial charge is 0.263 e.